The Morgan fingerprint density at radius 2 is 1.90 bits per heavy atom. The first-order chi connectivity index (χ1) is 8.95. The molecule has 0 unspecified atom stereocenters. The van der Waals surface area contributed by atoms with Crippen LogP contribution >= 0.6 is 0 Å². The normalized spacial score (nSPS) is 12.5. The summed E-state index contributed by atoms with van der Waals surface area (Å²) in [5.74, 6) is -0.751. The third-order valence-electron chi connectivity index (χ3n) is 2.34. The lowest BCUT2D eigenvalue weighted by atomic mass is 10.1. The monoisotopic (exact) mass is 310 g/mol. The molecule has 0 atom stereocenters. The van der Waals surface area contributed by atoms with E-state index < -0.39 is 33.3 Å². The van der Waals surface area contributed by atoms with Crippen molar-refractivity contribution in [3.8, 4) is 0 Å². The van der Waals surface area contributed by atoms with Gasteiger partial charge in [-0.25, -0.2) is 0 Å². The minimum absolute atomic E-state index is 0.268. The van der Waals surface area contributed by atoms with E-state index in [2.05, 4.69) is 0 Å². The van der Waals surface area contributed by atoms with Crippen LogP contribution < -0.4 is 10.5 Å². The standard InChI is InChI=1S/C10H13F3N4O2S/c1-17(2)20(18,19)16-6-3-4-7(9(14)15)8(5-6)10(11,12)13/h3-5,16H,1-2H3,(H3,14,15). The minimum atomic E-state index is -4.75. The Morgan fingerprint density at radius 3 is 2.30 bits per heavy atom. The van der Waals surface area contributed by atoms with E-state index in [0.717, 1.165) is 16.4 Å². The van der Waals surface area contributed by atoms with Crippen molar-refractivity contribution in [2.45, 2.75) is 6.18 Å². The lowest BCUT2D eigenvalue weighted by molar-refractivity contribution is -0.137. The molecule has 0 saturated heterocycles. The predicted octanol–water partition coefficient (Wildman–Crippen LogP) is 1.21. The summed E-state index contributed by atoms with van der Waals surface area (Å²) in [7, 11) is -1.45. The van der Waals surface area contributed by atoms with Crippen molar-refractivity contribution in [1.82, 2.24) is 4.31 Å². The zero-order chi connectivity index (χ0) is 15.7. The van der Waals surface area contributed by atoms with Crippen LogP contribution in [0.1, 0.15) is 11.1 Å². The molecule has 0 radical (unpaired) electrons. The van der Waals surface area contributed by atoms with E-state index in [0.29, 0.717) is 6.07 Å². The number of nitrogens with two attached hydrogens (primary N) is 1. The minimum Gasteiger partial charge on any atom is -0.384 e. The van der Waals surface area contributed by atoms with Crippen molar-refractivity contribution in [3.63, 3.8) is 0 Å². The van der Waals surface area contributed by atoms with E-state index in [1.807, 2.05) is 4.72 Å². The lowest BCUT2D eigenvalue weighted by Gasteiger charge is -2.16. The molecule has 10 heteroatoms. The highest BCUT2D eigenvalue weighted by molar-refractivity contribution is 7.90. The van der Waals surface area contributed by atoms with Crippen LogP contribution in [0.3, 0.4) is 0 Å². The Kier molecular flexibility index (Phi) is 4.30. The summed E-state index contributed by atoms with van der Waals surface area (Å²) in [4.78, 5) is 0. The highest BCUT2D eigenvalue weighted by Crippen LogP contribution is 2.33. The molecule has 0 aromatic heterocycles. The SMILES string of the molecule is CN(C)S(=O)(=O)Nc1ccc(C(=N)N)c(C(F)(F)F)c1. The number of benzene rings is 1. The summed E-state index contributed by atoms with van der Waals surface area (Å²) in [5.41, 5.74) is 3.12. The summed E-state index contributed by atoms with van der Waals surface area (Å²) in [6, 6.07) is 2.64. The molecule has 4 N–H and O–H groups in total. The number of anilines is 1. The summed E-state index contributed by atoms with van der Waals surface area (Å²) in [6.07, 6.45) is -4.75. The number of hydrogen-bond donors (Lipinski definition) is 3. The Morgan fingerprint density at radius 1 is 1.35 bits per heavy atom. The molecule has 112 valence electrons. The van der Waals surface area contributed by atoms with Crippen molar-refractivity contribution >= 4 is 21.7 Å². The lowest BCUT2D eigenvalue weighted by Crippen LogP contribution is -2.29. The molecule has 1 aromatic rings. The number of nitrogens with zero attached hydrogens (tertiary/aromatic N) is 1. The molecular formula is C10H13F3N4O2S. The van der Waals surface area contributed by atoms with Crippen LogP contribution in [0.2, 0.25) is 0 Å². The molecule has 0 heterocycles. The van der Waals surface area contributed by atoms with Crippen molar-refractivity contribution in [1.29, 1.82) is 5.41 Å². The first-order valence-electron chi connectivity index (χ1n) is 5.21. The van der Waals surface area contributed by atoms with Crippen LogP contribution in [0.25, 0.3) is 0 Å². The van der Waals surface area contributed by atoms with Crippen LogP contribution in [-0.2, 0) is 16.4 Å². The van der Waals surface area contributed by atoms with Gasteiger partial charge >= 0.3 is 16.4 Å². The number of hydrogen-bond acceptors (Lipinski definition) is 3. The highest BCUT2D eigenvalue weighted by atomic mass is 32.2. The van der Waals surface area contributed by atoms with E-state index >= 15 is 0 Å². The Hall–Kier alpha value is -1.81. The maximum Gasteiger partial charge on any atom is 0.417 e. The van der Waals surface area contributed by atoms with Crippen LogP contribution in [0.4, 0.5) is 18.9 Å². The largest absolute Gasteiger partial charge is 0.417 e. The number of nitrogens with one attached hydrogen (secondary N) is 2. The Labute approximate surface area is 114 Å². The predicted molar refractivity (Wildman–Crippen MR) is 68.7 cm³/mol. The zero-order valence-electron chi connectivity index (χ0n) is 10.6. The molecule has 0 saturated carbocycles. The molecule has 1 rings (SSSR count). The fourth-order valence-electron chi connectivity index (χ4n) is 1.32. The van der Waals surface area contributed by atoms with Gasteiger partial charge in [-0.05, 0) is 18.2 Å². The fraction of sp³-hybridized carbons (Fsp3) is 0.300. The van der Waals surface area contributed by atoms with Crippen LogP contribution in [0, 0.1) is 5.41 Å². The maximum atomic E-state index is 12.8. The smallest absolute Gasteiger partial charge is 0.384 e. The van der Waals surface area contributed by atoms with Crippen LogP contribution in [0.15, 0.2) is 18.2 Å². The van der Waals surface area contributed by atoms with Gasteiger partial charge in [0.25, 0.3) is 0 Å². The molecular weight excluding hydrogens is 297 g/mol. The topological polar surface area (TPSA) is 99.3 Å². The summed E-state index contributed by atoms with van der Waals surface area (Å²) in [5, 5.41) is 7.11. The van der Waals surface area contributed by atoms with Gasteiger partial charge in [-0.2, -0.15) is 25.9 Å². The van der Waals surface area contributed by atoms with Crippen molar-refractivity contribution in [2.24, 2.45) is 5.73 Å². The van der Waals surface area contributed by atoms with Crippen LogP contribution in [-0.4, -0.2) is 32.7 Å². The first kappa shape index (κ1) is 16.2. The molecule has 1 aromatic carbocycles. The number of alkyl halides is 3. The van der Waals surface area contributed by atoms with Gasteiger partial charge in [-0.15, -0.1) is 0 Å². The number of amidine groups is 1. The van der Waals surface area contributed by atoms with Gasteiger partial charge in [0.15, 0.2) is 0 Å². The van der Waals surface area contributed by atoms with Crippen LogP contribution in [0.5, 0.6) is 0 Å². The molecule has 0 aliphatic carbocycles. The van der Waals surface area contributed by atoms with Crippen molar-refractivity contribution in [3.05, 3.63) is 29.3 Å². The molecule has 0 spiro atoms. The molecule has 0 aliphatic heterocycles. The molecule has 0 amide bonds. The van der Waals surface area contributed by atoms with E-state index in [1.165, 1.54) is 14.1 Å². The van der Waals surface area contributed by atoms with Gasteiger partial charge in [-0.1, -0.05) is 0 Å². The quantitative estimate of drug-likeness (QED) is 0.575. The third kappa shape index (κ3) is 3.61. The van der Waals surface area contributed by atoms with Crippen molar-refractivity contribution in [2.75, 3.05) is 18.8 Å². The second-order valence-electron chi connectivity index (χ2n) is 4.06. The van der Waals surface area contributed by atoms with Gasteiger partial charge in [-0.3, -0.25) is 10.1 Å². The summed E-state index contributed by atoms with van der Waals surface area (Å²) >= 11 is 0. The number of halogens is 3. The molecule has 0 aliphatic rings. The van der Waals surface area contributed by atoms with Gasteiger partial charge in [0.05, 0.1) is 11.3 Å². The maximum absolute atomic E-state index is 12.8. The summed E-state index contributed by atoms with van der Waals surface area (Å²) < 4.78 is 64.4. The van der Waals surface area contributed by atoms with E-state index in [9.17, 15) is 21.6 Å². The second kappa shape index (κ2) is 5.29. The van der Waals surface area contributed by atoms with Gasteiger partial charge < -0.3 is 5.73 Å². The van der Waals surface area contributed by atoms with Gasteiger partial charge in [0.1, 0.15) is 5.84 Å². The average molecular weight is 310 g/mol. The first-order valence-corrected chi connectivity index (χ1v) is 6.65. The molecule has 20 heavy (non-hydrogen) atoms. The summed E-state index contributed by atoms with van der Waals surface area (Å²) in [6.45, 7) is 0. The molecule has 0 fully saturated rings. The fourth-order valence-corrected chi connectivity index (χ4v) is 1.92. The number of nitrogen functional groups attached to an aromatic ring is 1. The second-order valence-corrected chi connectivity index (χ2v) is 5.95. The highest BCUT2D eigenvalue weighted by Gasteiger charge is 2.34. The molecule has 0 bridgehead atoms. The van der Waals surface area contributed by atoms with E-state index in [1.54, 1.807) is 0 Å². The average Bonchev–Trinajstić information content (AvgIpc) is 2.26. The van der Waals surface area contributed by atoms with Gasteiger partial charge in [0, 0.05) is 19.7 Å². The van der Waals surface area contributed by atoms with E-state index in [4.69, 9.17) is 11.1 Å². The van der Waals surface area contributed by atoms with Crippen molar-refractivity contribution < 1.29 is 21.6 Å². The Bertz CT molecular complexity index is 626. The zero-order valence-corrected chi connectivity index (χ0v) is 11.4. The Balaban J connectivity index is 3.31. The molecule has 6 nitrogen and oxygen atoms in total. The number of rotatable bonds is 4. The van der Waals surface area contributed by atoms with Gasteiger partial charge in [0.2, 0.25) is 0 Å². The third-order valence-corrected chi connectivity index (χ3v) is 3.80. The van der Waals surface area contributed by atoms with E-state index in [-0.39, 0.29) is 5.69 Å².